The molecule has 0 heterocycles. The van der Waals surface area contributed by atoms with Crippen LogP contribution in [0.1, 0.15) is 12.5 Å². The van der Waals surface area contributed by atoms with Crippen molar-refractivity contribution in [3.05, 3.63) is 60.2 Å². The molecule has 2 rings (SSSR count). The van der Waals surface area contributed by atoms with Crippen LogP contribution in [0.4, 0.5) is 11.4 Å². The third-order valence-electron chi connectivity index (χ3n) is 3.48. The Kier molecular flexibility index (Phi) is 6.87. The molecule has 0 aliphatic carbocycles. The lowest BCUT2D eigenvalue weighted by molar-refractivity contribution is -0.136. The molecule has 0 radical (unpaired) electrons. The van der Waals surface area contributed by atoms with Gasteiger partial charge in [0, 0.05) is 31.3 Å². The Labute approximate surface area is 151 Å². The van der Waals surface area contributed by atoms with Gasteiger partial charge in [0.1, 0.15) is 0 Å². The minimum atomic E-state index is -0.831. The largest absolute Gasteiger partial charge is 0.391 e. The Balaban J connectivity index is 1.78. The van der Waals surface area contributed by atoms with E-state index in [0.29, 0.717) is 17.8 Å². The zero-order chi connectivity index (χ0) is 18.9. The summed E-state index contributed by atoms with van der Waals surface area (Å²) in [5.74, 6) is -1.86. The minimum Gasteiger partial charge on any atom is -0.391 e. The van der Waals surface area contributed by atoms with Crippen LogP contribution in [-0.2, 0) is 20.8 Å². The normalized spacial score (nSPS) is 11.3. The molecule has 136 valence electrons. The number of carbonyl (C=O) groups is 3. The molecule has 0 aliphatic heterocycles. The molecule has 4 N–H and O–H groups in total. The fraction of sp³-hybridized carbons (Fsp3) is 0.211. The molecule has 0 aromatic heterocycles. The Bertz CT molecular complexity index is 760. The van der Waals surface area contributed by atoms with Gasteiger partial charge in [-0.2, -0.15) is 0 Å². The highest BCUT2D eigenvalue weighted by atomic mass is 16.3. The molecule has 0 saturated heterocycles. The van der Waals surface area contributed by atoms with Crippen molar-refractivity contribution in [2.24, 2.45) is 0 Å². The lowest BCUT2D eigenvalue weighted by Crippen LogP contribution is -2.40. The number of anilines is 2. The third kappa shape index (κ3) is 6.37. The number of aliphatic hydroxyl groups is 1. The van der Waals surface area contributed by atoms with Crippen LogP contribution >= 0.6 is 0 Å². The fourth-order valence-electron chi connectivity index (χ4n) is 2.28. The van der Waals surface area contributed by atoms with Gasteiger partial charge in [-0.15, -0.1) is 0 Å². The van der Waals surface area contributed by atoms with Crippen LogP contribution in [0.3, 0.4) is 0 Å². The van der Waals surface area contributed by atoms with Gasteiger partial charge in [-0.1, -0.05) is 30.3 Å². The fourth-order valence-corrected chi connectivity index (χ4v) is 2.28. The monoisotopic (exact) mass is 355 g/mol. The van der Waals surface area contributed by atoms with Crippen LogP contribution in [0.25, 0.3) is 0 Å². The first-order valence-corrected chi connectivity index (χ1v) is 8.13. The molecule has 2 aromatic rings. The van der Waals surface area contributed by atoms with E-state index in [1.54, 1.807) is 24.3 Å². The number of benzene rings is 2. The molecule has 0 bridgehead atoms. The standard InChI is InChI=1S/C19H21N3O4/c1-13(23)21-15-7-9-16(10-8-15)22-19(26)18(25)20-12-17(24)11-14-5-3-2-4-6-14/h2-10,17,24H,11-12H2,1H3,(H,20,25)(H,21,23)(H,22,26). The van der Waals surface area contributed by atoms with Gasteiger partial charge in [-0.05, 0) is 29.8 Å². The van der Waals surface area contributed by atoms with Crippen LogP contribution in [0.15, 0.2) is 54.6 Å². The molecule has 1 atom stereocenters. The molecule has 1 unspecified atom stereocenters. The van der Waals surface area contributed by atoms with Crippen LogP contribution in [0.2, 0.25) is 0 Å². The number of rotatable bonds is 6. The summed E-state index contributed by atoms with van der Waals surface area (Å²) in [5.41, 5.74) is 1.95. The molecular formula is C19H21N3O4. The van der Waals surface area contributed by atoms with Crippen LogP contribution in [-0.4, -0.2) is 35.5 Å². The molecule has 2 aromatic carbocycles. The van der Waals surface area contributed by atoms with Crippen molar-refractivity contribution in [3.63, 3.8) is 0 Å². The third-order valence-corrected chi connectivity index (χ3v) is 3.48. The zero-order valence-corrected chi connectivity index (χ0v) is 14.4. The first-order valence-electron chi connectivity index (χ1n) is 8.13. The summed E-state index contributed by atoms with van der Waals surface area (Å²) in [6.07, 6.45) is -0.404. The van der Waals surface area contributed by atoms with E-state index < -0.39 is 17.9 Å². The van der Waals surface area contributed by atoms with E-state index in [4.69, 9.17) is 0 Å². The lowest BCUT2D eigenvalue weighted by atomic mass is 10.1. The van der Waals surface area contributed by atoms with Gasteiger partial charge in [-0.3, -0.25) is 14.4 Å². The molecule has 0 aliphatic rings. The SMILES string of the molecule is CC(=O)Nc1ccc(NC(=O)C(=O)NCC(O)Cc2ccccc2)cc1. The zero-order valence-electron chi connectivity index (χ0n) is 14.4. The van der Waals surface area contributed by atoms with Crippen LogP contribution in [0, 0.1) is 0 Å². The van der Waals surface area contributed by atoms with Crippen molar-refractivity contribution < 1.29 is 19.5 Å². The molecule has 7 heteroatoms. The quantitative estimate of drug-likeness (QED) is 0.586. The van der Waals surface area contributed by atoms with Crippen molar-refractivity contribution in [3.8, 4) is 0 Å². The topological polar surface area (TPSA) is 108 Å². The predicted octanol–water partition coefficient (Wildman–Crippen LogP) is 1.30. The number of carbonyl (C=O) groups excluding carboxylic acids is 3. The van der Waals surface area contributed by atoms with Crippen molar-refractivity contribution in [1.82, 2.24) is 5.32 Å². The Hall–Kier alpha value is -3.19. The van der Waals surface area contributed by atoms with Gasteiger partial charge in [0.2, 0.25) is 5.91 Å². The van der Waals surface area contributed by atoms with Crippen molar-refractivity contribution >= 4 is 29.1 Å². The second-order valence-corrected chi connectivity index (χ2v) is 5.77. The highest BCUT2D eigenvalue weighted by Gasteiger charge is 2.15. The molecular weight excluding hydrogens is 334 g/mol. The Morgan fingerprint density at radius 3 is 2.04 bits per heavy atom. The number of aliphatic hydroxyl groups excluding tert-OH is 1. The summed E-state index contributed by atoms with van der Waals surface area (Å²) in [6.45, 7) is 1.37. The first-order chi connectivity index (χ1) is 12.4. The van der Waals surface area contributed by atoms with E-state index >= 15 is 0 Å². The van der Waals surface area contributed by atoms with Gasteiger partial charge in [0.25, 0.3) is 0 Å². The number of hydrogen-bond acceptors (Lipinski definition) is 4. The summed E-state index contributed by atoms with van der Waals surface area (Å²) in [4.78, 5) is 34.7. The van der Waals surface area contributed by atoms with Gasteiger partial charge >= 0.3 is 11.8 Å². The molecule has 26 heavy (non-hydrogen) atoms. The second kappa shape index (κ2) is 9.33. The Morgan fingerprint density at radius 1 is 0.885 bits per heavy atom. The summed E-state index contributed by atoms with van der Waals surface area (Å²) in [5, 5.41) is 17.4. The van der Waals surface area contributed by atoms with Crippen LogP contribution < -0.4 is 16.0 Å². The predicted molar refractivity (Wildman–Crippen MR) is 98.5 cm³/mol. The molecule has 7 nitrogen and oxygen atoms in total. The summed E-state index contributed by atoms with van der Waals surface area (Å²) in [6, 6.07) is 15.7. The first kappa shape index (κ1) is 19.1. The maximum absolute atomic E-state index is 11.9. The van der Waals surface area contributed by atoms with E-state index in [2.05, 4.69) is 16.0 Å². The van der Waals surface area contributed by atoms with Crippen molar-refractivity contribution in [2.45, 2.75) is 19.4 Å². The highest BCUT2D eigenvalue weighted by Crippen LogP contribution is 2.13. The van der Waals surface area contributed by atoms with E-state index in [1.165, 1.54) is 6.92 Å². The molecule has 0 saturated carbocycles. The van der Waals surface area contributed by atoms with Crippen LogP contribution in [0.5, 0.6) is 0 Å². The van der Waals surface area contributed by atoms with E-state index in [-0.39, 0.29) is 12.5 Å². The minimum absolute atomic E-state index is 0.0252. The summed E-state index contributed by atoms with van der Waals surface area (Å²) in [7, 11) is 0. The molecule has 0 fully saturated rings. The number of amides is 3. The average molecular weight is 355 g/mol. The second-order valence-electron chi connectivity index (χ2n) is 5.77. The van der Waals surface area contributed by atoms with Gasteiger partial charge in [0.05, 0.1) is 6.10 Å². The molecule has 3 amide bonds. The van der Waals surface area contributed by atoms with E-state index in [0.717, 1.165) is 5.56 Å². The van der Waals surface area contributed by atoms with Crippen molar-refractivity contribution in [1.29, 1.82) is 0 Å². The van der Waals surface area contributed by atoms with Gasteiger partial charge < -0.3 is 21.1 Å². The number of nitrogens with one attached hydrogen (secondary N) is 3. The maximum Gasteiger partial charge on any atom is 0.313 e. The average Bonchev–Trinajstić information content (AvgIpc) is 2.61. The molecule has 0 spiro atoms. The highest BCUT2D eigenvalue weighted by molar-refractivity contribution is 6.39. The van der Waals surface area contributed by atoms with Crippen molar-refractivity contribution in [2.75, 3.05) is 17.2 Å². The van der Waals surface area contributed by atoms with E-state index in [9.17, 15) is 19.5 Å². The number of hydrogen-bond donors (Lipinski definition) is 4. The lowest BCUT2D eigenvalue weighted by Gasteiger charge is -2.12. The summed E-state index contributed by atoms with van der Waals surface area (Å²) < 4.78 is 0. The Morgan fingerprint density at radius 2 is 1.46 bits per heavy atom. The smallest absolute Gasteiger partial charge is 0.313 e. The van der Waals surface area contributed by atoms with E-state index in [1.807, 2.05) is 30.3 Å². The van der Waals surface area contributed by atoms with Gasteiger partial charge in [0.15, 0.2) is 0 Å². The maximum atomic E-state index is 11.9. The van der Waals surface area contributed by atoms with Gasteiger partial charge in [-0.25, -0.2) is 0 Å². The summed E-state index contributed by atoms with van der Waals surface area (Å²) >= 11 is 0.